The van der Waals surface area contributed by atoms with Gasteiger partial charge in [0.1, 0.15) is 16.7 Å². The number of fused-ring (bicyclic) bond motifs is 8. The number of para-hydroxylation sites is 3. The van der Waals surface area contributed by atoms with Crippen molar-refractivity contribution in [3.05, 3.63) is 188 Å². The minimum atomic E-state index is 0.604. The van der Waals surface area contributed by atoms with Gasteiger partial charge in [-0.1, -0.05) is 97.1 Å². The second-order valence-electron chi connectivity index (χ2n) is 13.6. The molecule has 0 saturated carbocycles. The first-order valence-electron chi connectivity index (χ1n) is 18.1. The van der Waals surface area contributed by atoms with Crippen LogP contribution in [0.1, 0.15) is 0 Å². The minimum absolute atomic E-state index is 0.604. The molecule has 0 N–H and O–H groups in total. The highest BCUT2D eigenvalue weighted by Gasteiger charge is 2.19. The van der Waals surface area contributed by atoms with Crippen LogP contribution in [0.15, 0.2) is 197 Å². The average Bonchev–Trinajstić information content (AvgIpc) is 3.94. The van der Waals surface area contributed by atoms with Gasteiger partial charge >= 0.3 is 0 Å². The molecule has 0 aliphatic heterocycles. The molecule has 0 unspecified atom stereocenters. The lowest BCUT2D eigenvalue weighted by molar-refractivity contribution is 0.622. The summed E-state index contributed by atoms with van der Waals surface area (Å²) in [5.41, 5.74) is 13.0. The largest absolute Gasteiger partial charge is 0.456 e. The Morgan fingerprint density at radius 2 is 1.07 bits per heavy atom. The molecule has 8 aromatic carbocycles. The van der Waals surface area contributed by atoms with Crippen molar-refractivity contribution in [2.24, 2.45) is 0 Å². The molecule has 0 fully saturated rings. The molecule has 3 heterocycles. The summed E-state index contributed by atoms with van der Waals surface area (Å²) in [6, 6.07) is 65.8. The molecule has 0 aliphatic carbocycles. The van der Waals surface area contributed by atoms with Crippen LogP contribution in [-0.4, -0.2) is 9.55 Å². The van der Waals surface area contributed by atoms with Crippen LogP contribution in [0.25, 0.3) is 83.1 Å². The highest BCUT2D eigenvalue weighted by Crippen LogP contribution is 2.41. The number of anilines is 3. The molecular formula is C49H31N3O2. The first kappa shape index (κ1) is 30.3. The van der Waals surface area contributed by atoms with E-state index in [9.17, 15) is 0 Å². The molecule has 5 heteroatoms. The Morgan fingerprint density at radius 3 is 1.89 bits per heavy atom. The Bertz CT molecular complexity index is 3140. The lowest BCUT2D eigenvalue weighted by atomic mass is 10.0. The zero-order valence-electron chi connectivity index (χ0n) is 29.1. The maximum Gasteiger partial charge on any atom is 0.227 e. The van der Waals surface area contributed by atoms with E-state index in [2.05, 4.69) is 155 Å². The predicted molar refractivity (Wildman–Crippen MR) is 221 cm³/mol. The third-order valence-electron chi connectivity index (χ3n) is 10.4. The van der Waals surface area contributed by atoms with Crippen LogP contribution in [-0.2, 0) is 0 Å². The number of hydrogen-bond donors (Lipinski definition) is 0. The Kier molecular flexibility index (Phi) is 6.79. The number of nitrogens with zero attached hydrogens (tertiary/aromatic N) is 3. The Balaban J connectivity index is 0.996. The Morgan fingerprint density at radius 1 is 0.426 bits per heavy atom. The van der Waals surface area contributed by atoms with Gasteiger partial charge in [-0.2, -0.15) is 0 Å². The smallest absolute Gasteiger partial charge is 0.227 e. The van der Waals surface area contributed by atoms with Gasteiger partial charge < -0.3 is 18.3 Å². The quantitative estimate of drug-likeness (QED) is 0.174. The summed E-state index contributed by atoms with van der Waals surface area (Å²) >= 11 is 0. The zero-order chi connectivity index (χ0) is 35.6. The summed E-state index contributed by atoms with van der Waals surface area (Å²) in [6.45, 7) is 0. The molecule has 0 aliphatic rings. The molecule has 0 atom stereocenters. The standard InChI is InChI=1S/C49H31N3O2/c1-4-12-33(13-5-1)49-50-42-28-29-45-47(48(42)54-49)41-26-22-34(30-46(41)53-45)32-20-23-37(24-21-32)51(35-14-6-2-7-15-35)38-25-27-40-39-18-10-11-19-43(39)52(44(40)31-38)36-16-8-3-9-17-36/h1-31H. The van der Waals surface area contributed by atoms with E-state index in [0.29, 0.717) is 5.89 Å². The van der Waals surface area contributed by atoms with E-state index in [1.807, 2.05) is 42.5 Å². The number of furan rings is 1. The van der Waals surface area contributed by atoms with Crippen molar-refractivity contribution in [2.75, 3.05) is 4.90 Å². The van der Waals surface area contributed by atoms with Gasteiger partial charge in [0.25, 0.3) is 0 Å². The van der Waals surface area contributed by atoms with Crippen molar-refractivity contribution < 1.29 is 8.83 Å². The van der Waals surface area contributed by atoms with Crippen LogP contribution in [0.4, 0.5) is 17.1 Å². The molecule has 0 radical (unpaired) electrons. The monoisotopic (exact) mass is 693 g/mol. The number of benzene rings is 8. The first-order valence-corrected chi connectivity index (χ1v) is 18.1. The van der Waals surface area contributed by atoms with Crippen molar-refractivity contribution in [2.45, 2.75) is 0 Å². The summed E-state index contributed by atoms with van der Waals surface area (Å²) in [4.78, 5) is 7.10. The molecule has 11 rings (SSSR count). The molecule has 254 valence electrons. The molecule has 3 aromatic heterocycles. The minimum Gasteiger partial charge on any atom is -0.456 e. The molecule has 0 amide bonds. The van der Waals surface area contributed by atoms with Gasteiger partial charge in [0.05, 0.1) is 16.4 Å². The van der Waals surface area contributed by atoms with Gasteiger partial charge in [0.15, 0.2) is 5.58 Å². The van der Waals surface area contributed by atoms with Crippen LogP contribution in [0, 0.1) is 0 Å². The third kappa shape index (κ3) is 4.83. The van der Waals surface area contributed by atoms with Crippen LogP contribution in [0.3, 0.4) is 0 Å². The van der Waals surface area contributed by atoms with Crippen molar-refractivity contribution >= 4 is 71.9 Å². The lowest BCUT2D eigenvalue weighted by Gasteiger charge is -2.26. The fourth-order valence-corrected chi connectivity index (χ4v) is 7.91. The van der Waals surface area contributed by atoms with Crippen LogP contribution < -0.4 is 4.90 Å². The van der Waals surface area contributed by atoms with Gasteiger partial charge in [-0.25, -0.2) is 4.98 Å². The van der Waals surface area contributed by atoms with E-state index in [0.717, 1.165) is 78.0 Å². The van der Waals surface area contributed by atoms with E-state index in [4.69, 9.17) is 13.8 Å². The summed E-state index contributed by atoms with van der Waals surface area (Å²) in [5, 5.41) is 4.41. The molecule has 0 spiro atoms. The van der Waals surface area contributed by atoms with Crippen LogP contribution in [0.2, 0.25) is 0 Å². The Hall–Kier alpha value is -7.37. The van der Waals surface area contributed by atoms with Crippen molar-refractivity contribution in [1.82, 2.24) is 9.55 Å². The van der Waals surface area contributed by atoms with Crippen molar-refractivity contribution in [3.8, 4) is 28.3 Å². The average molecular weight is 694 g/mol. The number of rotatable bonds is 6. The molecular weight excluding hydrogens is 663 g/mol. The predicted octanol–water partition coefficient (Wildman–Crippen LogP) is 13.6. The van der Waals surface area contributed by atoms with Crippen LogP contribution >= 0.6 is 0 Å². The lowest BCUT2D eigenvalue weighted by Crippen LogP contribution is -2.10. The number of hydrogen-bond acceptors (Lipinski definition) is 4. The van der Waals surface area contributed by atoms with Crippen molar-refractivity contribution in [3.63, 3.8) is 0 Å². The van der Waals surface area contributed by atoms with E-state index >= 15 is 0 Å². The zero-order valence-corrected chi connectivity index (χ0v) is 29.1. The summed E-state index contributed by atoms with van der Waals surface area (Å²) in [6.07, 6.45) is 0. The van der Waals surface area contributed by atoms with E-state index < -0.39 is 0 Å². The number of oxazole rings is 1. The third-order valence-corrected chi connectivity index (χ3v) is 10.4. The summed E-state index contributed by atoms with van der Waals surface area (Å²) in [5.74, 6) is 0.604. The molecule has 0 saturated heterocycles. The topological polar surface area (TPSA) is 47.3 Å². The molecule has 0 bridgehead atoms. The highest BCUT2D eigenvalue weighted by molar-refractivity contribution is 6.17. The summed E-state index contributed by atoms with van der Waals surface area (Å²) < 4.78 is 15.1. The number of aromatic nitrogens is 2. The van der Waals surface area contributed by atoms with Gasteiger partial charge in [-0.3, -0.25) is 0 Å². The molecule has 11 aromatic rings. The van der Waals surface area contributed by atoms with Gasteiger partial charge in [-0.15, -0.1) is 0 Å². The van der Waals surface area contributed by atoms with E-state index in [-0.39, 0.29) is 0 Å². The summed E-state index contributed by atoms with van der Waals surface area (Å²) in [7, 11) is 0. The first-order chi connectivity index (χ1) is 26.8. The van der Waals surface area contributed by atoms with Gasteiger partial charge in [0, 0.05) is 44.5 Å². The van der Waals surface area contributed by atoms with Crippen LogP contribution in [0.5, 0.6) is 0 Å². The fraction of sp³-hybridized carbons (Fsp3) is 0. The maximum atomic E-state index is 6.42. The fourth-order valence-electron chi connectivity index (χ4n) is 7.91. The molecule has 5 nitrogen and oxygen atoms in total. The second kappa shape index (κ2) is 12.1. The molecule has 54 heavy (non-hydrogen) atoms. The van der Waals surface area contributed by atoms with E-state index in [1.54, 1.807) is 0 Å². The SMILES string of the molecule is c1ccc(-c2nc3ccc4oc5cc(-c6ccc(N(c7ccccc7)c7ccc8c9ccccc9n(-c9ccccc9)c8c7)cc6)ccc5c4c3o2)cc1. The highest BCUT2D eigenvalue weighted by atomic mass is 16.4. The van der Waals surface area contributed by atoms with Crippen molar-refractivity contribution in [1.29, 1.82) is 0 Å². The maximum absolute atomic E-state index is 6.42. The van der Waals surface area contributed by atoms with Gasteiger partial charge in [-0.05, 0) is 102 Å². The van der Waals surface area contributed by atoms with E-state index in [1.165, 1.54) is 16.3 Å². The normalized spacial score (nSPS) is 11.7. The Labute approximate surface area is 310 Å². The second-order valence-corrected chi connectivity index (χ2v) is 13.6. The van der Waals surface area contributed by atoms with Gasteiger partial charge in [0.2, 0.25) is 5.89 Å².